The van der Waals surface area contributed by atoms with Crippen LogP contribution in [-0.4, -0.2) is 27.5 Å². The lowest BCUT2D eigenvalue weighted by molar-refractivity contribution is 0.0605. The summed E-state index contributed by atoms with van der Waals surface area (Å²) in [4.78, 5) is 14.4. The molecule has 0 fully saturated rings. The predicted octanol–water partition coefficient (Wildman–Crippen LogP) is 2.52. The lowest BCUT2D eigenvalue weighted by Crippen LogP contribution is -2.46. The molecule has 4 nitrogen and oxygen atoms in total. The fraction of sp³-hybridized carbons (Fsp3) is 0.500. The monoisotopic (exact) mass is 249 g/mol. The Labute approximate surface area is 109 Å². The highest BCUT2D eigenvalue weighted by Gasteiger charge is 2.28. The number of aromatic nitrogens is 1. The van der Waals surface area contributed by atoms with Gasteiger partial charge in [0.15, 0.2) is 0 Å². The number of amides is 1. The van der Waals surface area contributed by atoms with Crippen LogP contribution in [0, 0.1) is 0 Å². The van der Waals surface area contributed by atoms with Crippen molar-refractivity contribution in [2.75, 3.05) is 12.3 Å². The third-order valence-electron chi connectivity index (χ3n) is 2.84. The summed E-state index contributed by atoms with van der Waals surface area (Å²) in [5, 5.41) is 0. The van der Waals surface area contributed by atoms with Crippen LogP contribution in [0.15, 0.2) is 24.9 Å². The van der Waals surface area contributed by atoms with Gasteiger partial charge in [-0.2, -0.15) is 0 Å². The van der Waals surface area contributed by atoms with Crippen LogP contribution in [-0.2, 0) is 6.54 Å². The molecule has 1 heterocycles. The van der Waals surface area contributed by atoms with Crippen molar-refractivity contribution in [2.24, 2.45) is 0 Å². The molecule has 4 heteroatoms. The van der Waals surface area contributed by atoms with E-state index in [1.165, 1.54) is 0 Å². The summed E-state index contributed by atoms with van der Waals surface area (Å²) < 4.78 is 1.87. The normalized spacial score (nSPS) is 11.3. The summed E-state index contributed by atoms with van der Waals surface area (Å²) in [5.74, 6) is -0.0130. The zero-order chi connectivity index (χ0) is 13.9. The van der Waals surface area contributed by atoms with Gasteiger partial charge in [-0.3, -0.25) is 4.79 Å². The van der Waals surface area contributed by atoms with E-state index in [4.69, 9.17) is 5.73 Å². The minimum Gasteiger partial charge on any atom is -0.397 e. The van der Waals surface area contributed by atoms with E-state index in [0.29, 0.717) is 17.9 Å². The van der Waals surface area contributed by atoms with Crippen LogP contribution in [0.5, 0.6) is 0 Å². The maximum Gasteiger partial charge on any atom is 0.271 e. The van der Waals surface area contributed by atoms with Crippen LogP contribution in [0.1, 0.15) is 38.2 Å². The second kappa shape index (κ2) is 5.29. The number of nitrogens with two attached hydrogens (primary N) is 1. The molecule has 0 aliphatic carbocycles. The van der Waals surface area contributed by atoms with Gasteiger partial charge in [-0.25, -0.2) is 0 Å². The van der Waals surface area contributed by atoms with Crippen LogP contribution >= 0.6 is 0 Å². The van der Waals surface area contributed by atoms with E-state index in [-0.39, 0.29) is 11.4 Å². The Bertz CT molecular complexity index is 440. The first kappa shape index (κ1) is 14.4. The van der Waals surface area contributed by atoms with Gasteiger partial charge < -0.3 is 15.2 Å². The molecule has 0 bridgehead atoms. The maximum absolute atomic E-state index is 12.6. The Morgan fingerprint density at radius 3 is 2.61 bits per heavy atom. The summed E-state index contributed by atoms with van der Waals surface area (Å²) in [5.41, 5.74) is 6.77. The zero-order valence-corrected chi connectivity index (χ0v) is 11.7. The number of anilines is 1. The molecule has 0 unspecified atom stereocenters. The fourth-order valence-electron chi connectivity index (χ4n) is 1.90. The van der Waals surface area contributed by atoms with E-state index in [0.717, 1.165) is 6.54 Å². The first-order chi connectivity index (χ1) is 8.31. The molecule has 0 atom stereocenters. The summed E-state index contributed by atoms with van der Waals surface area (Å²) >= 11 is 0. The Morgan fingerprint density at radius 2 is 2.17 bits per heavy atom. The molecule has 1 amide bonds. The van der Waals surface area contributed by atoms with Crippen molar-refractivity contribution in [2.45, 2.75) is 39.8 Å². The van der Waals surface area contributed by atoms with Gasteiger partial charge >= 0.3 is 0 Å². The average Bonchev–Trinajstić information content (AvgIpc) is 2.65. The molecular formula is C14H23N3O. The highest BCUT2D eigenvalue weighted by molar-refractivity contribution is 5.94. The topological polar surface area (TPSA) is 51.3 Å². The first-order valence-electron chi connectivity index (χ1n) is 6.19. The van der Waals surface area contributed by atoms with E-state index >= 15 is 0 Å². The van der Waals surface area contributed by atoms with Crippen molar-refractivity contribution in [1.29, 1.82) is 0 Å². The van der Waals surface area contributed by atoms with E-state index in [2.05, 4.69) is 6.58 Å². The van der Waals surface area contributed by atoms with Gasteiger partial charge in [0.2, 0.25) is 0 Å². The fourth-order valence-corrected chi connectivity index (χ4v) is 1.90. The Kier molecular flexibility index (Phi) is 4.22. The molecule has 2 N–H and O–H groups in total. The van der Waals surface area contributed by atoms with Crippen molar-refractivity contribution in [3.63, 3.8) is 0 Å². The molecule has 100 valence electrons. The van der Waals surface area contributed by atoms with Crippen LogP contribution < -0.4 is 5.73 Å². The Hall–Kier alpha value is -1.71. The molecular weight excluding hydrogens is 226 g/mol. The summed E-state index contributed by atoms with van der Waals surface area (Å²) in [6, 6.07) is 1.73. The van der Waals surface area contributed by atoms with Gasteiger partial charge in [0.05, 0.1) is 5.69 Å². The molecule has 0 saturated heterocycles. The maximum atomic E-state index is 12.6. The van der Waals surface area contributed by atoms with Crippen molar-refractivity contribution >= 4 is 11.6 Å². The molecule has 1 aromatic rings. The lowest BCUT2D eigenvalue weighted by atomic mass is 10.1. The standard InChI is InChI=1S/C14H23N3O/c1-6-8-17(14(3,4)5)13(18)12-9-11(15)10-16(12)7-2/h6,9-10H,1,7-8,15H2,2-5H3. The van der Waals surface area contributed by atoms with Crippen molar-refractivity contribution in [3.05, 3.63) is 30.6 Å². The third kappa shape index (κ3) is 2.94. The summed E-state index contributed by atoms with van der Waals surface area (Å²) in [7, 11) is 0. The molecule has 0 aromatic carbocycles. The van der Waals surface area contributed by atoms with Gasteiger partial charge in [-0.15, -0.1) is 6.58 Å². The minimum absolute atomic E-state index is 0.0130. The number of hydrogen-bond acceptors (Lipinski definition) is 2. The number of rotatable bonds is 4. The van der Waals surface area contributed by atoms with Gasteiger partial charge in [0.1, 0.15) is 5.69 Å². The van der Waals surface area contributed by atoms with E-state index in [1.807, 2.05) is 32.3 Å². The number of carbonyl (C=O) groups is 1. The third-order valence-corrected chi connectivity index (χ3v) is 2.84. The molecule has 0 spiro atoms. The Morgan fingerprint density at radius 1 is 1.56 bits per heavy atom. The number of nitrogens with zero attached hydrogens (tertiary/aromatic N) is 2. The van der Waals surface area contributed by atoms with Crippen molar-refractivity contribution in [1.82, 2.24) is 9.47 Å². The summed E-state index contributed by atoms with van der Waals surface area (Å²) in [6.07, 6.45) is 3.54. The van der Waals surface area contributed by atoms with E-state index < -0.39 is 0 Å². The van der Waals surface area contributed by atoms with Gasteiger partial charge in [0.25, 0.3) is 5.91 Å². The molecule has 1 rings (SSSR count). The van der Waals surface area contributed by atoms with Crippen molar-refractivity contribution in [3.8, 4) is 0 Å². The van der Waals surface area contributed by atoms with Crippen LogP contribution in [0.25, 0.3) is 0 Å². The van der Waals surface area contributed by atoms with Crippen LogP contribution in [0.4, 0.5) is 5.69 Å². The smallest absolute Gasteiger partial charge is 0.271 e. The van der Waals surface area contributed by atoms with Crippen LogP contribution in [0.3, 0.4) is 0 Å². The van der Waals surface area contributed by atoms with Gasteiger partial charge in [-0.05, 0) is 33.8 Å². The second-order valence-electron chi connectivity index (χ2n) is 5.32. The zero-order valence-electron chi connectivity index (χ0n) is 11.7. The largest absolute Gasteiger partial charge is 0.397 e. The molecule has 0 saturated carbocycles. The summed E-state index contributed by atoms with van der Waals surface area (Å²) in [6.45, 7) is 13.0. The highest BCUT2D eigenvalue weighted by atomic mass is 16.2. The molecule has 0 aliphatic rings. The molecule has 0 radical (unpaired) electrons. The number of aryl methyl sites for hydroxylation is 1. The minimum atomic E-state index is -0.247. The predicted molar refractivity (Wildman–Crippen MR) is 75.5 cm³/mol. The van der Waals surface area contributed by atoms with Gasteiger partial charge in [0, 0.05) is 24.8 Å². The molecule has 0 aliphatic heterocycles. The quantitative estimate of drug-likeness (QED) is 0.834. The SMILES string of the molecule is C=CCN(C(=O)c1cc(N)cn1CC)C(C)(C)C. The van der Waals surface area contributed by atoms with Crippen molar-refractivity contribution < 1.29 is 4.79 Å². The number of nitrogen functional groups attached to an aromatic ring is 1. The van der Waals surface area contributed by atoms with Gasteiger partial charge in [-0.1, -0.05) is 6.08 Å². The Balaban J connectivity index is 3.13. The van der Waals surface area contributed by atoms with E-state index in [9.17, 15) is 4.79 Å². The number of hydrogen-bond donors (Lipinski definition) is 1. The highest BCUT2D eigenvalue weighted by Crippen LogP contribution is 2.19. The average molecular weight is 249 g/mol. The van der Waals surface area contributed by atoms with Crippen LogP contribution in [0.2, 0.25) is 0 Å². The van der Waals surface area contributed by atoms with E-state index in [1.54, 1.807) is 23.2 Å². The molecule has 1 aromatic heterocycles. The second-order valence-corrected chi connectivity index (χ2v) is 5.32. The molecule has 18 heavy (non-hydrogen) atoms. The number of carbonyl (C=O) groups excluding carboxylic acids is 1. The first-order valence-corrected chi connectivity index (χ1v) is 6.19. The lowest BCUT2D eigenvalue weighted by Gasteiger charge is -2.35.